The largest absolute Gasteiger partial charge is 0.348 e. The van der Waals surface area contributed by atoms with Crippen LogP contribution in [0.3, 0.4) is 0 Å². The summed E-state index contributed by atoms with van der Waals surface area (Å²) in [6, 6.07) is 7.49. The van der Waals surface area contributed by atoms with E-state index in [9.17, 15) is 0 Å². The second-order valence-electron chi connectivity index (χ2n) is 6.75. The molecule has 1 saturated carbocycles. The highest BCUT2D eigenvalue weighted by Gasteiger charge is 2.40. The Morgan fingerprint density at radius 2 is 1.62 bits per heavy atom. The molecule has 1 aliphatic carbocycles. The first-order valence-electron chi connectivity index (χ1n) is 8.12. The minimum Gasteiger partial charge on any atom is -0.348 e. The molecule has 3 rings (SSSR count). The third-order valence-corrected chi connectivity index (χ3v) is 4.87. The Kier molecular flexibility index (Phi) is 4.34. The first kappa shape index (κ1) is 15.0. The Morgan fingerprint density at radius 1 is 1.05 bits per heavy atom. The predicted molar refractivity (Wildman–Crippen MR) is 84.3 cm³/mol. The number of ether oxygens (including phenoxy) is 2. The molecule has 1 spiro atoms. The van der Waals surface area contributed by atoms with Gasteiger partial charge in [-0.25, -0.2) is 0 Å². The maximum atomic E-state index is 5.82. The summed E-state index contributed by atoms with van der Waals surface area (Å²) in [5, 5.41) is 0. The smallest absolute Gasteiger partial charge is 0.168 e. The molecule has 0 bridgehead atoms. The fourth-order valence-corrected chi connectivity index (χ4v) is 3.85. The average Bonchev–Trinajstić information content (AvgIpc) is 2.86. The zero-order chi connectivity index (χ0) is 14.9. The van der Waals surface area contributed by atoms with Gasteiger partial charge in [-0.15, -0.1) is 0 Å². The van der Waals surface area contributed by atoms with E-state index in [1.807, 2.05) is 0 Å². The number of aryl methyl sites for hydroxylation is 2. The van der Waals surface area contributed by atoms with E-state index < -0.39 is 0 Å². The molecule has 3 heteroatoms. The number of hydrogen-bond donors (Lipinski definition) is 0. The molecule has 2 fully saturated rings. The molecule has 3 nitrogen and oxygen atoms in total. The quantitative estimate of drug-likeness (QED) is 0.851. The molecular weight excluding hydrogens is 262 g/mol. The van der Waals surface area contributed by atoms with Crippen LogP contribution in [-0.2, 0) is 16.0 Å². The van der Waals surface area contributed by atoms with Gasteiger partial charge in [0.15, 0.2) is 5.79 Å². The summed E-state index contributed by atoms with van der Waals surface area (Å²) in [6.07, 6.45) is 4.41. The van der Waals surface area contributed by atoms with Crippen LogP contribution in [0.4, 0.5) is 0 Å². The van der Waals surface area contributed by atoms with E-state index in [0.717, 1.165) is 32.6 Å². The van der Waals surface area contributed by atoms with E-state index in [1.54, 1.807) is 0 Å². The van der Waals surface area contributed by atoms with Crippen molar-refractivity contribution in [3.63, 3.8) is 0 Å². The van der Waals surface area contributed by atoms with E-state index in [2.05, 4.69) is 44.0 Å². The van der Waals surface area contributed by atoms with Gasteiger partial charge in [-0.05, 0) is 39.3 Å². The van der Waals surface area contributed by atoms with Gasteiger partial charge in [0.2, 0.25) is 0 Å². The zero-order valence-electron chi connectivity index (χ0n) is 13.5. The van der Waals surface area contributed by atoms with Crippen molar-refractivity contribution in [2.45, 2.75) is 57.9 Å². The van der Waals surface area contributed by atoms with Crippen LogP contribution in [-0.4, -0.2) is 37.0 Å². The van der Waals surface area contributed by atoms with Gasteiger partial charge in [0.1, 0.15) is 0 Å². The molecular formula is C18H27NO2. The lowest BCUT2D eigenvalue weighted by Gasteiger charge is -2.39. The van der Waals surface area contributed by atoms with Crippen molar-refractivity contribution >= 4 is 0 Å². The van der Waals surface area contributed by atoms with Gasteiger partial charge in [-0.2, -0.15) is 0 Å². The van der Waals surface area contributed by atoms with E-state index in [4.69, 9.17) is 9.47 Å². The Labute approximate surface area is 128 Å². The molecule has 116 valence electrons. The topological polar surface area (TPSA) is 21.7 Å². The molecule has 0 aromatic heterocycles. The maximum absolute atomic E-state index is 5.82. The fourth-order valence-electron chi connectivity index (χ4n) is 3.85. The highest BCUT2D eigenvalue weighted by molar-refractivity contribution is 5.28. The molecule has 1 aliphatic heterocycles. The summed E-state index contributed by atoms with van der Waals surface area (Å²) in [5.41, 5.74) is 4.13. The van der Waals surface area contributed by atoms with Crippen LogP contribution in [0, 0.1) is 13.8 Å². The number of rotatable bonds is 3. The van der Waals surface area contributed by atoms with Gasteiger partial charge < -0.3 is 9.47 Å². The van der Waals surface area contributed by atoms with Crippen molar-refractivity contribution in [3.05, 3.63) is 34.9 Å². The molecule has 0 radical (unpaired) electrons. The van der Waals surface area contributed by atoms with E-state index in [1.165, 1.54) is 29.5 Å². The van der Waals surface area contributed by atoms with Crippen molar-refractivity contribution in [2.24, 2.45) is 0 Å². The van der Waals surface area contributed by atoms with Crippen molar-refractivity contribution in [2.75, 3.05) is 20.3 Å². The number of hydrogen-bond acceptors (Lipinski definition) is 3. The Bertz CT molecular complexity index is 464. The molecule has 0 atom stereocenters. The number of nitrogens with zero attached hydrogens (tertiary/aromatic N) is 1. The lowest BCUT2D eigenvalue weighted by molar-refractivity contribution is -0.183. The normalized spacial score (nSPS) is 22.3. The summed E-state index contributed by atoms with van der Waals surface area (Å²) in [6.45, 7) is 6.92. The molecule has 21 heavy (non-hydrogen) atoms. The summed E-state index contributed by atoms with van der Waals surface area (Å²) in [7, 11) is 2.25. The Balaban J connectivity index is 1.57. The van der Waals surface area contributed by atoms with Crippen molar-refractivity contribution in [3.8, 4) is 0 Å². The first-order chi connectivity index (χ1) is 10.1. The molecule has 0 N–H and O–H groups in total. The third-order valence-electron chi connectivity index (χ3n) is 4.87. The van der Waals surface area contributed by atoms with Crippen LogP contribution in [0.2, 0.25) is 0 Å². The number of benzene rings is 1. The van der Waals surface area contributed by atoms with Crippen LogP contribution >= 0.6 is 0 Å². The first-order valence-corrected chi connectivity index (χ1v) is 8.12. The summed E-state index contributed by atoms with van der Waals surface area (Å²) >= 11 is 0. The third kappa shape index (κ3) is 3.47. The molecule has 1 saturated heterocycles. The molecule has 1 aromatic carbocycles. The summed E-state index contributed by atoms with van der Waals surface area (Å²) < 4.78 is 11.6. The highest BCUT2D eigenvalue weighted by Crippen LogP contribution is 2.37. The predicted octanol–water partition coefficient (Wildman–Crippen LogP) is 3.42. The van der Waals surface area contributed by atoms with Gasteiger partial charge in [-0.3, -0.25) is 4.90 Å². The molecule has 0 amide bonds. The maximum Gasteiger partial charge on any atom is 0.168 e. The minimum atomic E-state index is -0.239. The molecule has 0 unspecified atom stereocenters. The van der Waals surface area contributed by atoms with Crippen molar-refractivity contribution in [1.82, 2.24) is 4.90 Å². The molecule has 2 aliphatic rings. The van der Waals surface area contributed by atoms with Crippen molar-refractivity contribution < 1.29 is 9.47 Å². The van der Waals surface area contributed by atoms with Gasteiger partial charge in [0, 0.05) is 25.4 Å². The average molecular weight is 289 g/mol. The van der Waals surface area contributed by atoms with Crippen LogP contribution in [0.15, 0.2) is 18.2 Å². The Hall–Kier alpha value is -0.900. The van der Waals surface area contributed by atoms with Crippen LogP contribution in [0.1, 0.15) is 42.4 Å². The van der Waals surface area contributed by atoms with E-state index in [-0.39, 0.29) is 5.79 Å². The lowest BCUT2D eigenvalue weighted by atomic mass is 9.89. The van der Waals surface area contributed by atoms with E-state index >= 15 is 0 Å². The second-order valence-corrected chi connectivity index (χ2v) is 6.75. The Morgan fingerprint density at radius 3 is 2.19 bits per heavy atom. The second kappa shape index (κ2) is 6.07. The van der Waals surface area contributed by atoms with Gasteiger partial charge in [-0.1, -0.05) is 29.3 Å². The minimum absolute atomic E-state index is 0.239. The van der Waals surface area contributed by atoms with Gasteiger partial charge >= 0.3 is 0 Å². The fraction of sp³-hybridized carbons (Fsp3) is 0.667. The van der Waals surface area contributed by atoms with Gasteiger partial charge in [0.25, 0.3) is 0 Å². The molecule has 1 heterocycles. The van der Waals surface area contributed by atoms with Gasteiger partial charge in [0.05, 0.1) is 13.2 Å². The van der Waals surface area contributed by atoms with Crippen LogP contribution in [0.25, 0.3) is 0 Å². The van der Waals surface area contributed by atoms with Crippen molar-refractivity contribution in [1.29, 1.82) is 0 Å². The summed E-state index contributed by atoms with van der Waals surface area (Å²) in [4.78, 5) is 2.50. The summed E-state index contributed by atoms with van der Waals surface area (Å²) in [5.74, 6) is -0.239. The van der Waals surface area contributed by atoms with Crippen LogP contribution in [0.5, 0.6) is 0 Å². The monoisotopic (exact) mass is 289 g/mol. The standard InChI is InChI=1S/C18H27NO2/c1-14-10-15(2)12-16(11-14)13-19(3)17-4-6-18(7-5-17)20-8-9-21-18/h10-12,17H,4-9,13H2,1-3H3. The van der Waals surface area contributed by atoms with E-state index in [0.29, 0.717) is 6.04 Å². The SMILES string of the molecule is Cc1cc(C)cc(CN(C)C2CCC3(CC2)OCCO3)c1. The zero-order valence-corrected chi connectivity index (χ0v) is 13.5. The van der Waals surface area contributed by atoms with Crippen LogP contribution < -0.4 is 0 Å². The lowest BCUT2D eigenvalue weighted by Crippen LogP contribution is -2.42. The highest BCUT2D eigenvalue weighted by atomic mass is 16.7. The molecule has 1 aromatic rings.